The van der Waals surface area contributed by atoms with Gasteiger partial charge in [-0.3, -0.25) is 14.6 Å². The molecule has 1 atom stereocenters. The van der Waals surface area contributed by atoms with E-state index in [1.165, 1.54) is 0 Å². The number of nitrogens with one attached hydrogen (secondary N) is 1. The molecule has 0 spiro atoms. The van der Waals surface area contributed by atoms with Crippen molar-refractivity contribution in [3.8, 4) is 0 Å². The lowest BCUT2D eigenvalue weighted by Crippen LogP contribution is -2.41. The molecule has 2 aliphatic rings. The zero-order valence-electron chi connectivity index (χ0n) is 11.6. The first kappa shape index (κ1) is 14.6. The molecule has 2 amide bonds. The zero-order valence-corrected chi connectivity index (χ0v) is 11.6. The molecule has 112 valence electrons. The molecular formula is C13H23N5O2. The van der Waals surface area contributed by atoms with Crippen molar-refractivity contribution in [1.29, 1.82) is 0 Å². The molecular weight excluding hydrogens is 258 g/mol. The molecule has 2 rings (SSSR count). The lowest BCUT2D eigenvalue weighted by Gasteiger charge is -2.26. The Kier molecular flexibility index (Phi) is 4.81. The van der Waals surface area contributed by atoms with Gasteiger partial charge in [0.15, 0.2) is 5.96 Å². The second-order valence-electron chi connectivity index (χ2n) is 5.65. The Morgan fingerprint density at radius 3 is 2.45 bits per heavy atom. The van der Waals surface area contributed by atoms with E-state index in [2.05, 4.69) is 10.3 Å². The monoisotopic (exact) mass is 281 g/mol. The minimum atomic E-state index is 0.0470. The van der Waals surface area contributed by atoms with Crippen LogP contribution in [0.4, 0.5) is 0 Å². The molecule has 20 heavy (non-hydrogen) atoms. The lowest BCUT2D eigenvalue weighted by molar-refractivity contribution is -0.127. The SMILES string of the molecule is NC(N)=NC1CCC(C(=O)NC2CCN(C=O)C2)CC1. The maximum absolute atomic E-state index is 12.2. The summed E-state index contributed by atoms with van der Waals surface area (Å²) in [5.74, 6) is 0.273. The third kappa shape index (κ3) is 3.85. The smallest absolute Gasteiger partial charge is 0.223 e. The summed E-state index contributed by atoms with van der Waals surface area (Å²) < 4.78 is 0. The Balaban J connectivity index is 1.75. The summed E-state index contributed by atoms with van der Waals surface area (Å²) in [7, 11) is 0. The van der Waals surface area contributed by atoms with Gasteiger partial charge in [0.2, 0.25) is 12.3 Å². The number of guanidine groups is 1. The van der Waals surface area contributed by atoms with Crippen molar-refractivity contribution in [2.24, 2.45) is 22.4 Å². The fourth-order valence-corrected chi connectivity index (χ4v) is 3.00. The van der Waals surface area contributed by atoms with Crippen molar-refractivity contribution in [3.05, 3.63) is 0 Å². The zero-order chi connectivity index (χ0) is 14.5. The molecule has 1 aliphatic carbocycles. The quantitative estimate of drug-likeness (QED) is 0.354. The second kappa shape index (κ2) is 6.58. The summed E-state index contributed by atoms with van der Waals surface area (Å²) >= 11 is 0. The summed E-state index contributed by atoms with van der Waals surface area (Å²) in [5, 5.41) is 3.04. The van der Waals surface area contributed by atoms with E-state index in [1.54, 1.807) is 4.90 Å². The van der Waals surface area contributed by atoms with Gasteiger partial charge >= 0.3 is 0 Å². The fraction of sp³-hybridized carbons (Fsp3) is 0.769. The topological polar surface area (TPSA) is 114 Å². The van der Waals surface area contributed by atoms with Crippen LogP contribution >= 0.6 is 0 Å². The van der Waals surface area contributed by atoms with E-state index in [1.807, 2.05) is 0 Å². The molecule has 1 heterocycles. The predicted molar refractivity (Wildman–Crippen MR) is 75.7 cm³/mol. The Morgan fingerprint density at radius 1 is 1.20 bits per heavy atom. The number of hydrogen-bond donors (Lipinski definition) is 3. The van der Waals surface area contributed by atoms with Crippen LogP contribution in [0.2, 0.25) is 0 Å². The summed E-state index contributed by atoms with van der Waals surface area (Å²) in [6, 6.07) is 0.254. The predicted octanol–water partition coefficient (Wildman–Crippen LogP) is -0.834. The first-order valence-electron chi connectivity index (χ1n) is 7.17. The average molecular weight is 281 g/mol. The highest BCUT2D eigenvalue weighted by Gasteiger charge is 2.29. The molecule has 0 aromatic heterocycles. The van der Waals surface area contributed by atoms with Crippen molar-refractivity contribution >= 4 is 18.3 Å². The summed E-state index contributed by atoms with van der Waals surface area (Å²) in [6.07, 6.45) is 5.01. The van der Waals surface area contributed by atoms with Crippen molar-refractivity contribution < 1.29 is 9.59 Å². The van der Waals surface area contributed by atoms with Crippen molar-refractivity contribution in [2.45, 2.75) is 44.2 Å². The molecule has 5 N–H and O–H groups in total. The number of nitrogens with two attached hydrogens (primary N) is 2. The number of hydrogen-bond acceptors (Lipinski definition) is 3. The highest BCUT2D eigenvalue weighted by Crippen LogP contribution is 2.26. The number of carbonyl (C=O) groups is 2. The van der Waals surface area contributed by atoms with Gasteiger partial charge in [-0.25, -0.2) is 0 Å². The van der Waals surface area contributed by atoms with Crippen LogP contribution in [0.5, 0.6) is 0 Å². The number of aliphatic imine (C=N–C) groups is 1. The molecule has 0 bridgehead atoms. The lowest BCUT2D eigenvalue weighted by atomic mass is 9.85. The third-order valence-corrected chi connectivity index (χ3v) is 4.11. The van der Waals surface area contributed by atoms with Crippen LogP contribution in [-0.4, -0.2) is 48.3 Å². The Bertz CT molecular complexity index is 386. The first-order valence-corrected chi connectivity index (χ1v) is 7.17. The van der Waals surface area contributed by atoms with Gasteiger partial charge < -0.3 is 21.7 Å². The molecule has 0 aromatic carbocycles. The largest absolute Gasteiger partial charge is 0.370 e. The van der Waals surface area contributed by atoms with E-state index >= 15 is 0 Å². The molecule has 1 unspecified atom stereocenters. The van der Waals surface area contributed by atoms with Gasteiger partial charge in [0.1, 0.15) is 0 Å². The molecule has 1 saturated heterocycles. The van der Waals surface area contributed by atoms with Gasteiger partial charge in [-0.15, -0.1) is 0 Å². The molecule has 1 saturated carbocycles. The maximum atomic E-state index is 12.2. The van der Waals surface area contributed by atoms with E-state index in [0.29, 0.717) is 6.54 Å². The van der Waals surface area contributed by atoms with Gasteiger partial charge in [0.05, 0.1) is 6.04 Å². The van der Waals surface area contributed by atoms with Crippen LogP contribution in [-0.2, 0) is 9.59 Å². The molecule has 7 nitrogen and oxygen atoms in total. The van der Waals surface area contributed by atoms with Crippen LogP contribution in [0.1, 0.15) is 32.1 Å². The van der Waals surface area contributed by atoms with Crippen LogP contribution in [0.3, 0.4) is 0 Å². The maximum Gasteiger partial charge on any atom is 0.223 e. The molecule has 0 radical (unpaired) electrons. The van der Waals surface area contributed by atoms with Crippen LogP contribution < -0.4 is 16.8 Å². The summed E-state index contributed by atoms with van der Waals surface area (Å²) in [5.41, 5.74) is 10.7. The van der Waals surface area contributed by atoms with Crippen LogP contribution in [0.25, 0.3) is 0 Å². The molecule has 2 fully saturated rings. The number of amides is 2. The van der Waals surface area contributed by atoms with Gasteiger partial charge in [-0.05, 0) is 32.1 Å². The second-order valence-corrected chi connectivity index (χ2v) is 5.65. The third-order valence-electron chi connectivity index (χ3n) is 4.11. The van der Waals surface area contributed by atoms with E-state index in [9.17, 15) is 9.59 Å². The first-order chi connectivity index (χ1) is 9.58. The van der Waals surface area contributed by atoms with E-state index in [4.69, 9.17) is 11.5 Å². The Morgan fingerprint density at radius 2 is 1.90 bits per heavy atom. The highest BCUT2D eigenvalue weighted by atomic mass is 16.2. The summed E-state index contributed by atoms with van der Waals surface area (Å²) in [6.45, 7) is 1.35. The Labute approximate surface area is 118 Å². The van der Waals surface area contributed by atoms with Gasteiger partial charge in [-0.1, -0.05) is 0 Å². The van der Waals surface area contributed by atoms with Crippen molar-refractivity contribution in [3.63, 3.8) is 0 Å². The number of nitrogens with zero attached hydrogens (tertiary/aromatic N) is 2. The van der Waals surface area contributed by atoms with Crippen LogP contribution in [0.15, 0.2) is 4.99 Å². The van der Waals surface area contributed by atoms with Crippen molar-refractivity contribution in [1.82, 2.24) is 10.2 Å². The van der Waals surface area contributed by atoms with E-state index in [0.717, 1.165) is 45.1 Å². The average Bonchev–Trinajstić information content (AvgIpc) is 2.86. The Hall–Kier alpha value is -1.79. The van der Waals surface area contributed by atoms with Gasteiger partial charge in [-0.2, -0.15) is 0 Å². The number of rotatable bonds is 4. The molecule has 7 heteroatoms. The van der Waals surface area contributed by atoms with Crippen molar-refractivity contribution in [2.75, 3.05) is 13.1 Å². The van der Waals surface area contributed by atoms with Crippen LogP contribution in [0, 0.1) is 5.92 Å². The minimum absolute atomic E-state index is 0.0470. The summed E-state index contributed by atoms with van der Waals surface area (Å²) in [4.78, 5) is 28.7. The highest BCUT2D eigenvalue weighted by molar-refractivity contribution is 5.79. The van der Waals surface area contributed by atoms with Gasteiger partial charge in [0, 0.05) is 25.0 Å². The van der Waals surface area contributed by atoms with E-state index in [-0.39, 0.29) is 29.9 Å². The standard InChI is InChI=1S/C13H23N5O2/c14-13(15)17-10-3-1-9(2-4-10)12(20)16-11-5-6-18(7-11)8-19/h8-11H,1-7H2,(H,16,20)(H4,14,15,17). The number of likely N-dealkylation sites (tertiary alicyclic amines) is 1. The normalized spacial score (nSPS) is 29.8. The van der Waals surface area contributed by atoms with E-state index < -0.39 is 0 Å². The number of carbonyl (C=O) groups excluding carboxylic acids is 2. The molecule has 1 aliphatic heterocycles. The minimum Gasteiger partial charge on any atom is -0.370 e. The molecule has 0 aromatic rings. The fourth-order valence-electron chi connectivity index (χ4n) is 3.00. The van der Waals surface area contributed by atoms with Gasteiger partial charge in [0.25, 0.3) is 0 Å².